The summed E-state index contributed by atoms with van der Waals surface area (Å²) in [6.07, 6.45) is 3.74. The maximum absolute atomic E-state index is 11.6. The number of furan rings is 1. The molecule has 1 unspecified atom stereocenters. The average Bonchev–Trinajstić information content (AvgIpc) is 3.29. The van der Waals surface area contributed by atoms with Gasteiger partial charge in [0.2, 0.25) is 0 Å². The van der Waals surface area contributed by atoms with Crippen LogP contribution >= 0.6 is 0 Å². The van der Waals surface area contributed by atoms with Gasteiger partial charge < -0.3 is 25.1 Å². The summed E-state index contributed by atoms with van der Waals surface area (Å²) in [7, 11) is 1.73. The van der Waals surface area contributed by atoms with E-state index in [1.54, 1.807) is 13.3 Å². The van der Waals surface area contributed by atoms with Crippen molar-refractivity contribution in [2.45, 2.75) is 45.3 Å². The van der Waals surface area contributed by atoms with Crippen molar-refractivity contribution in [2.75, 3.05) is 39.8 Å². The standard InChI is InChI=1S/C19H33N5O3/c1-19(2,3)27-18(25)22-10-9-21-17(20-4)23-14-15(16-8-7-13-26-16)24-11-5-6-12-24/h7-8,13,15H,5-6,9-12,14H2,1-4H3,(H,22,25)(H2,20,21,23). The van der Waals surface area contributed by atoms with E-state index in [2.05, 4.69) is 25.8 Å². The molecular formula is C19H33N5O3. The molecule has 1 saturated heterocycles. The lowest BCUT2D eigenvalue weighted by Gasteiger charge is -2.26. The molecule has 27 heavy (non-hydrogen) atoms. The first kappa shape index (κ1) is 21.1. The van der Waals surface area contributed by atoms with E-state index in [0.29, 0.717) is 25.6 Å². The van der Waals surface area contributed by atoms with Crippen molar-refractivity contribution < 1.29 is 13.9 Å². The molecule has 1 aromatic rings. The van der Waals surface area contributed by atoms with Gasteiger partial charge in [0.25, 0.3) is 0 Å². The molecule has 152 valence electrons. The van der Waals surface area contributed by atoms with Crippen LogP contribution in [0.4, 0.5) is 4.79 Å². The third-order valence-electron chi connectivity index (χ3n) is 4.23. The Morgan fingerprint density at radius 3 is 2.56 bits per heavy atom. The van der Waals surface area contributed by atoms with Gasteiger partial charge in [-0.15, -0.1) is 0 Å². The van der Waals surface area contributed by atoms with Gasteiger partial charge in [-0.1, -0.05) is 0 Å². The molecule has 2 heterocycles. The number of amides is 1. The monoisotopic (exact) mass is 379 g/mol. The molecule has 1 atom stereocenters. The van der Waals surface area contributed by atoms with Crippen molar-refractivity contribution in [2.24, 2.45) is 4.99 Å². The van der Waals surface area contributed by atoms with Gasteiger partial charge in [-0.25, -0.2) is 4.79 Å². The highest BCUT2D eigenvalue weighted by Crippen LogP contribution is 2.24. The average molecular weight is 380 g/mol. The van der Waals surface area contributed by atoms with E-state index >= 15 is 0 Å². The van der Waals surface area contributed by atoms with Gasteiger partial charge in [0.05, 0.1) is 12.3 Å². The van der Waals surface area contributed by atoms with Crippen molar-refractivity contribution >= 4 is 12.1 Å². The van der Waals surface area contributed by atoms with Crippen LogP contribution in [0.5, 0.6) is 0 Å². The number of nitrogens with one attached hydrogen (secondary N) is 3. The fourth-order valence-corrected chi connectivity index (χ4v) is 3.02. The quantitative estimate of drug-likeness (QED) is 0.382. The summed E-state index contributed by atoms with van der Waals surface area (Å²) < 4.78 is 10.8. The van der Waals surface area contributed by atoms with Crippen LogP contribution in [0.15, 0.2) is 27.8 Å². The Balaban J connectivity index is 1.74. The molecule has 0 radical (unpaired) electrons. The minimum atomic E-state index is -0.495. The highest BCUT2D eigenvalue weighted by molar-refractivity contribution is 5.79. The first-order valence-corrected chi connectivity index (χ1v) is 9.58. The van der Waals surface area contributed by atoms with Crippen molar-refractivity contribution in [3.05, 3.63) is 24.2 Å². The molecular weight excluding hydrogens is 346 g/mol. The number of aliphatic imine (C=N–C) groups is 1. The van der Waals surface area contributed by atoms with Gasteiger partial charge in [0.1, 0.15) is 11.4 Å². The highest BCUT2D eigenvalue weighted by atomic mass is 16.6. The van der Waals surface area contributed by atoms with Crippen LogP contribution < -0.4 is 16.0 Å². The van der Waals surface area contributed by atoms with Crippen LogP contribution in [-0.2, 0) is 4.74 Å². The lowest BCUT2D eigenvalue weighted by molar-refractivity contribution is 0.0529. The van der Waals surface area contributed by atoms with Crippen LogP contribution in [0, 0.1) is 0 Å². The molecule has 0 spiro atoms. The van der Waals surface area contributed by atoms with Crippen LogP contribution in [0.1, 0.15) is 45.4 Å². The summed E-state index contributed by atoms with van der Waals surface area (Å²) >= 11 is 0. The Bertz CT molecular complexity index is 589. The van der Waals surface area contributed by atoms with Crippen molar-refractivity contribution in [1.29, 1.82) is 0 Å². The number of alkyl carbamates (subject to hydrolysis) is 1. The van der Waals surface area contributed by atoms with Gasteiger partial charge in [-0.05, 0) is 58.8 Å². The largest absolute Gasteiger partial charge is 0.468 e. The number of nitrogens with zero attached hydrogens (tertiary/aromatic N) is 2. The molecule has 1 aliphatic rings. The van der Waals surface area contributed by atoms with Crippen molar-refractivity contribution in [3.8, 4) is 0 Å². The first-order chi connectivity index (χ1) is 12.9. The number of hydrogen-bond acceptors (Lipinski definition) is 5. The molecule has 1 fully saturated rings. The van der Waals surface area contributed by atoms with E-state index in [-0.39, 0.29) is 6.04 Å². The second-order valence-corrected chi connectivity index (χ2v) is 7.58. The minimum Gasteiger partial charge on any atom is -0.468 e. The summed E-state index contributed by atoms with van der Waals surface area (Å²) in [5.74, 6) is 1.66. The summed E-state index contributed by atoms with van der Waals surface area (Å²) in [4.78, 5) is 18.3. The predicted molar refractivity (Wildman–Crippen MR) is 106 cm³/mol. The van der Waals surface area contributed by atoms with Gasteiger partial charge in [-0.2, -0.15) is 0 Å². The Hall–Kier alpha value is -2.22. The molecule has 0 saturated carbocycles. The molecule has 0 aliphatic carbocycles. The summed E-state index contributed by atoms with van der Waals surface area (Å²) in [5, 5.41) is 9.27. The fraction of sp³-hybridized carbons (Fsp3) is 0.684. The van der Waals surface area contributed by atoms with E-state index in [0.717, 1.165) is 18.8 Å². The maximum Gasteiger partial charge on any atom is 0.407 e. The summed E-state index contributed by atoms with van der Waals surface area (Å²) in [6.45, 7) is 9.38. The Labute approximate surface area is 161 Å². The number of carbonyl (C=O) groups excluding carboxylic acids is 1. The van der Waals surface area contributed by atoms with Gasteiger partial charge in [0.15, 0.2) is 5.96 Å². The molecule has 1 aliphatic heterocycles. The number of likely N-dealkylation sites (tertiary alicyclic amines) is 1. The molecule has 1 amide bonds. The highest BCUT2D eigenvalue weighted by Gasteiger charge is 2.25. The normalized spacial score (nSPS) is 16.8. The Kier molecular flexibility index (Phi) is 7.97. The zero-order chi connectivity index (χ0) is 19.7. The summed E-state index contributed by atoms with van der Waals surface area (Å²) in [5.41, 5.74) is -0.495. The number of rotatable bonds is 7. The second kappa shape index (κ2) is 10.2. The molecule has 2 rings (SSSR count). The fourth-order valence-electron chi connectivity index (χ4n) is 3.02. The van der Waals surface area contributed by atoms with Crippen LogP contribution in [-0.4, -0.2) is 62.3 Å². The Morgan fingerprint density at radius 1 is 1.26 bits per heavy atom. The molecule has 0 aromatic carbocycles. The number of hydrogen-bond donors (Lipinski definition) is 3. The molecule has 8 nitrogen and oxygen atoms in total. The topological polar surface area (TPSA) is 91.1 Å². The third-order valence-corrected chi connectivity index (χ3v) is 4.23. The van der Waals surface area contributed by atoms with E-state index in [1.165, 1.54) is 12.8 Å². The van der Waals surface area contributed by atoms with Crippen molar-refractivity contribution in [3.63, 3.8) is 0 Å². The van der Waals surface area contributed by atoms with Crippen LogP contribution in [0.2, 0.25) is 0 Å². The van der Waals surface area contributed by atoms with Gasteiger partial charge in [0, 0.05) is 26.7 Å². The van der Waals surface area contributed by atoms with Crippen LogP contribution in [0.25, 0.3) is 0 Å². The Morgan fingerprint density at radius 2 is 1.96 bits per heavy atom. The number of carbonyl (C=O) groups is 1. The smallest absolute Gasteiger partial charge is 0.407 e. The van der Waals surface area contributed by atoms with E-state index in [4.69, 9.17) is 9.15 Å². The first-order valence-electron chi connectivity index (χ1n) is 9.58. The van der Waals surface area contributed by atoms with Gasteiger partial charge in [-0.3, -0.25) is 9.89 Å². The van der Waals surface area contributed by atoms with Gasteiger partial charge >= 0.3 is 6.09 Å². The third kappa shape index (κ3) is 7.50. The SMILES string of the molecule is CN=C(NCCNC(=O)OC(C)(C)C)NCC(c1ccco1)N1CCCC1. The lowest BCUT2D eigenvalue weighted by atomic mass is 10.2. The molecule has 1 aromatic heterocycles. The molecule has 3 N–H and O–H groups in total. The summed E-state index contributed by atoms with van der Waals surface area (Å²) in [6, 6.07) is 4.13. The lowest BCUT2D eigenvalue weighted by Crippen LogP contribution is -2.45. The van der Waals surface area contributed by atoms with Crippen molar-refractivity contribution in [1.82, 2.24) is 20.9 Å². The number of guanidine groups is 1. The zero-order valence-electron chi connectivity index (χ0n) is 16.9. The second-order valence-electron chi connectivity index (χ2n) is 7.58. The van der Waals surface area contributed by atoms with E-state index in [1.807, 2.05) is 32.9 Å². The number of ether oxygens (including phenoxy) is 1. The molecule has 0 bridgehead atoms. The predicted octanol–water partition coefficient (Wildman–Crippen LogP) is 2.11. The molecule has 8 heteroatoms. The zero-order valence-corrected chi connectivity index (χ0v) is 16.9. The van der Waals surface area contributed by atoms with Crippen LogP contribution in [0.3, 0.4) is 0 Å². The maximum atomic E-state index is 11.6. The van der Waals surface area contributed by atoms with E-state index < -0.39 is 11.7 Å². The minimum absolute atomic E-state index is 0.181. The van der Waals surface area contributed by atoms with E-state index in [9.17, 15) is 4.79 Å².